The molecule has 0 bridgehead atoms. The zero-order chi connectivity index (χ0) is 21.3. The molecule has 1 fully saturated rings. The van der Waals surface area contributed by atoms with Gasteiger partial charge in [0.1, 0.15) is 11.3 Å². The van der Waals surface area contributed by atoms with Gasteiger partial charge in [-0.25, -0.2) is 4.98 Å². The van der Waals surface area contributed by atoms with Crippen molar-refractivity contribution in [2.45, 2.75) is 58.5 Å². The highest BCUT2D eigenvalue weighted by Gasteiger charge is 2.30. The maximum atomic E-state index is 13.0. The number of carbonyl (C=O) groups excluding carboxylic acids is 1. The molecule has 0 radical (unpaired) electrons. The van der Waals surface area contributed by atoms with Gasteiger partial charge in [0.05, 0.1) is 0 Å². The number of hydrogen-bond donors (Lipinski definition) is 0. The van der Waals surface area contributed by atoms with Crippen LogP contribution >= 0.6 is 0 Å². The Hall–Kier alpha value is -2.82. The maximum Gasteiger partial charge on any atom is 0.263 e. The molecule has 1 saturated heterocycles. The average Bonchev–Trinajstić information content (AvgIpc) is 3.17. The molecule has 0 saturated carbocycles. The van der Waals surface area contributed by atoms with Gasteiger partial charge in [-0.2, -0.15) is 0 Å². The van der Waals surface area contributed by atoms with Crippen LogP contribution in [-0.4, -0.2) is 35.0 Å². The summed E-state index contributed by atoms with van der Waals surface area (Å²) in [5.74, 6) is 2.24. The number of ether oxygens (including phenoxy) is 1. The van der Waals surface area contributed by atoms with E-state index in [2.05, 4.69) is 31.0 Å². The second-order valence-corrected chi connectivity index (χ2v) is 8.58. The van der Waals surface area contributed by atoms with Crippen molar-refractivity contribution in [3.8, 4) is 5.75 Å². The summed E-state index contributed by atoms with van der Waals surface area (Å²) in [6.45, 7) is 9.56. The molecule has 30 heavy (non-hydrogen) atoms. The van der Waals surface area contributed by atoms with E-state index in [4.69, 9.17) is 9.15 Å². The molecule has 5 nitrogen and oxygen atoms in total. The zero-order valence-corrected chi connectivity index (χ0v) is 18.2. The molecule has 3 aromatic rings. The zero-order valence-electron chi connectivity index (χ0n) is 18.2. The summed E-state index contributed by atoms with van der Waals surface area (Å²) in [6.07, 6.45) is 1.20. The summed E-state index contributed by atoms with van der Waals surface area (Å²) >= 11 is 0. The van der Waals surface area contributed by atoms with E-state index in [1.165, 1.54) is 0 Å². The largest absolute Gasteiger partial charge is 0.481 e. The number of hydrogen-bond acceptors (Lipinski definition) is 4. The Kier molecular flexibility index (Phi) is 5.80. The highest BCUT2D eigenvalue weighted by Crippen LogP contribution is 2.31. The van der Waals surface area contributed by atoms with Crippen LogP contribution in [0.25, 0.3) is 11.1 Å². The quantitative estimate of drug-likeness (QED) is 0.567. The predicted molar refractivity (Wildman–Crippen MR) is 118 cm³/mol. The van der Waals surface area contributed by atoms with Gasteiger partial charge in [0, 0.05) is 19.0 Å². The third-order valence-corrected chi connectivity index (χ3v) is 5.91. The SMILES string of the molecule is Cc1ccc(C(C)C)c(OC(C)C(=O)N2CCC(c3nc4ccccc4o3)CC2)c1. The molecule has 0 spiro atoms. The fourth-order valence-electron chi connectivity index (χ4n) is 4.13. The Balaban J connectivity index is 1.39. The lowest BCUT2D eigenvalue weighted by Gasteiger charge is -2.32. The van der Waals surface area contributed by atoms with Crippen molar-refractivity contribution in [3.63, 3.8) is 0 Å². The lowest BCUT2D eigenvalue weighted by atomic mass is 9.96. The van der Waals surface area contributed by atoms with Crippen LogP contribution in [0, 0.1) is 6.92 Å². The molecule has 1 aromatic heterocycles. The number of nitrogens with zero attached hydrogens (tertiary/aromatic N) is 2. The minimum absolute atomic E-state index is 0.0437. The van der Waals surface area contributed by atoms with Gasteiger partial charge < -0.3 is 14.1 Å². The Morgan fingerprint density at radius 1 is 1.13 bits per heavy atom. The number of aromatic nitrogens is 1. The fraction of sp³-hybridized carbons (Fsp3) is 0.440. The van der Waals surface area contributed by atoms with E-state index < -0.39 is 6.10 Å². The van der Waals surface area contributed by atoms with Crippen molar-refractivity contribution in [2.24, 2.45) is 0 Å². The van der Waals surface area contributed by atoms with Crippen molar-refractivity contribution < 1.29 is 13.9 Å². The molecule has 5 heteroatoms. The third-order valence-electron chi connectivity index (χ3n) is 5.91. The van der Waals surface area contributed by atoms with E-state index in [0.29, 0.717) is 19.0 Å². The molecule has 2 heterocycles. The molecule has 1 aliphatic rings. The first kappa shape index (κ1) is 20.5. The number of fused-ring (bicyclic) bond motifs is 1. The minimum atomic E-state index is -0.509. The number of likely N-dealkylation sites (tertiary alicyclic amines) is 1. The summed E-state index contributed by atoms with van der Waals surface area (Å²) in [5.41, 5.74) is 3.99. The Bertz CT molecular complexity index is 999. The van der Waals surface area contributed by atoms with E-state index in [9.17, 15) is 4.79 Å². The first-order valence-electron chi connectivity index (χ1n) is 10.8. The Morgan fingerprint density at radius 3 is 2.57 bits per heavy atom. The smallest absolute Gasteiger partial charge is 0.263 e. The maximum absolute atomic E-state index is 13.0. The monoisotopic (exact) mass is 406 g/mol. The lowest BCUT2D eigenvalue weighted by Crippen LogP contribution is -2.44. The summed E-state index contributed by atoms with van der Waals surface area (Å²) < 4.78 is 12.1. The second-order valence-electron chi connectivity index (χ2n) is 8.58. The summed E-state index contributed by atoms with van der Waals surface area (Å²) in [6, 6.07) is 14.1. The average molecular weight is 407 g/mol. The van der Waals surface area contributed by atoms with Crippen LogP contribution in [0.2, 0.25) is 0 Å². The number of amides is 1. The van der Waals surface area contributed by atoms with Crippen molar-refractivity contribution in [1.82, 2.24) is 9.88 Å². The molecule has 1 aliphatic heterocycles. The third kappa shape index (κ3) is 4.20. The fourth-order valence-corrected chi connectivity index (χ4v) is 4.13. The summed E-state index contributed by atoms with van der Waals surface area (Å²) in [5, 5.41) is 0. The number of oxazole rings is 1. The first-order valence-corrected chi connectivity index (χ1v) is 10.8. The standard InChI is InChI=1S/C25H30N2O3/c1-16(2)20-10-9-17(3)15-23(20)29-18(4)25(28)27-13-11-19(12-14-27)24-26-21-7-5-6-8-22(21)30-24/h5-10,15-16,18-19H,11-14H2,1-4H3. The van der Waals surface area contributed by atoms with E-state index >= 15 is 0 Å². The number of piperidine rings is 1. The van der Waals surface area contributed by atoms with Gasteiger partial charge >= 0.3 is 0 Å². The van der Waals surface area contributed by atoms with Crippen molar-refractivity contribution in [2.75, 3.05) is 13.1 Å². The molecule has 0 N–H and O–H groups in total. The van der Waals surface area contributed by atoms with Crippen LogP contribution in [0.4, 0.5) is 0 Å². The normalized spacial score (nSPS) is 16.2. The van der Waals surface area contributed by atoms with Gasteiger partial charge in [0.2, 0.25) is 0 Å². The molecule has 1 unspecified atom stereocenters. The first-order chi connectivity index (χ1) is 14.4. The van der Waals surface area contributed by atoms with Gasteiger partial charge in [0.25, 0.3) is 5.91 Å². The van der Waals surface area contributed by atoms with E-state index in [-0.39, 0.29) is 11.8 Å². The molecule has 2 aromatic carbocycles. The molecule has 0 aliphatic carbocycles. The Morgan fingerprint density at radius 2 is 1.87 bits per heavy atom. The van der Waals surface area contributed by atoms with Crippen molar-refractivity contribution in [1.29, 1.82) is 0 Å². The number of benzene rings is 2. The van der Waals surface area contributed by atoms with Gasteiger partial charge in [-0.15, -0.1) is 0 Å². The van der Waals surface area contributed by atoms with Gasteiger partial charge in [-0.05, 0) is 61.9 Å². The van der Waals surface area contributed by atoms with Gasteiger partial charge in [-0.1, -0.05) is 38.1 Å². The van der Waals surface area contributed by atoms with Crippen molar-refractivity contribution >= 4 is 17.0 Å². The van der Waals surface area contributed by atoms with Crippen LogP contribution in [0.3, 0.4) is 0 Å². The highest BCUT2D eigenvalue weighted by atomic mass is 16.5. The summed E-state index contributed by atoms with van der Waals surface area (Å²) in [7, 11) is 0. The van der Waals surface area contributed by atoms with E-state index in [1.807, 2.05) is 49.1 Å². The second kappa shape index (κ2) is 8.50. The number of aryl methyl sites for hydroxylation is 1. The topological polar surface area (TPSA) is 55.6 Å². The van der Waals surface area contributed by atoms with Crippen LogP contribution in [-0.2, 0) is 4.79 Å². The van der Waals surface area contributed by atoms with Crippen LogP contribution in [0.5, 0.6) is 5.75 Å². The molecule has 158 valence electrons. The molecule has 1 atom stereocenters. The number of carbonyl (C=O) groups is 1. The molecule has 1 amide bonds. The highest BCUT2D eigenvalue weighted by molar-refractivity contribution is 5.81. The number of rotatable bonds is 5. The van der Waals surface area contributed by atoms with Gasteiger partial charge in [-0.3, -0.25) is 4.79 Å². The number of para-hydroxylation sites is 2. The minimum Gasteiger partial charge on any atom is -0.481 e. The molecule has 4 rings (SSSR count). The van der Waals surface area contributed by atoms with Crippen LogP contribution in [0.15, 0.2) is 46.9 Å². The molecular formula is C25H30N2O3. The molecular weight excluding hydrogens is 376 g/mol. The van der Waals surface area contributed by atoms with E-state index in [1.54, 1.807) is 0 Å². The lowest BCUT2D eigenvalue weighted by molar-refractivity contribution is -0.139. The van der Waals surface area contributed by atoms with Crippen LogP contribution in [0.1, 0.15) is 62.5 Å². The van der Waals surface area contributed by atoms with Gasteiger partial charge in [0.15, 0.2) is 17.6 Å². The summed E-state index contributed by atoms with van der Waals surface area (Å²) in [4.78, 5) is 19.6. The van der Waals surface area contributed by atoms with E-state index in [0.717, 1.165) is 46.7 Å². The van der Waals surface area contributed by atoms with Crippen molar-refractivity contribution in [3.05, 3.63) is 59.5 Å². The van der Waals surface area contributed by atoms with Crippen LogP contribution < -0.4 is 4.74 Å². The predicted octanol–water partition coefficient (Wildman–Crippen LogP) is 5.43. The Labute approximate surface area is 178 Å².